The molecule has 7 heteroatoms. The number of hydrogen-bond acceptors (Lipinski definition) is 3. The molecular weight excluding hydrogens is 370 g/mol. The van der Waals surface area contributed by atoms with Gasteiger partial charge in [0.1, 0.15) is 5.82 Å². The second-order valence-electron chi connectivity index (χ2n) is 5.66. The van der Waals surface area contributed by atoms with Crippen molar-refractivity contribution in [2.75, 3.05) is 13.2 Å². The zero-order valence-corrected chi connectivity index (χ0v) is 15.5. The number of carbonyl (C=O) groups excluding carboxylic acids is 1. The molecule has 0 fully saturated rings. The normalized spacial score (nSPS) is 12.3. The molecule has 2 aromatic carbocycles. The number of halogens is 2. The molecule has 3 rings (SSSR count). The summed E-state index contributed by atoms with van der Waals surface area (Å²) < 4.78 is 35.1. The summed E-state index contributed by atoms with van der Waals surface area (Å²) in [6.45, 7) is 3.02. The monoisotopic (exact) mass is 388 g/mol. The maximum absolute atomic E-state index is 14.3. The molecule has 0 saturated carbocycles. The van der Waals surface area contributed by atoms with Crippen molar-refractivity contribution in [3.63, 3.8) is 0 Å². The molecular formula is C20H18F2N2O2S. The Hall–Kier alpha value is -2.64. The summed E-state index contributed by atoms with van der Waals surface area (Å²) in [5.74, 6) is -1.83. The number of aromatic nitrogens is 1. The van der Waals surface area contributed by atoms with Crippen LogP contribution in [-0.4, -0.2) is 23.7 Å². The van der Waals surface area contributed by atoms with Crippen molar-refractivity contribution in [2.24, 2.45) is 4.99 Å². The van der Waals surface area contributed by atoms with Gasteiger partial charge in [0.15, 0.2) is 10.6 Å². The van der Waals surface area contributed by atoms with Gasteiger partial charge in [-0.25, -0.2) is 8.78 Å². The molecule has 4 nitrogen and oxygen atoms in total. The third-order valence-corrected chi connectivity index (χ3v) is 4.81. The second-order valence-corrected chi connectivity index (χ2v) is 6.67. The average Bonchev–Trinajstić information content (AvgIpc) is 2.98. The van der Waals surface area contributed by atoms with E-state index in [1.165, 1.54) is 12.1 Å². The third-order valence-electron chi connectivity index (χ3n) is 3.78. The van der Waals surface area contributed by atoms with E-state index in [9.17, 15) is 13.6 Å². The maximum atomic E-state index is 14.3. The number of benzene rings is 2. The van der Waals surface area contributed by atoms with Gasteiger partial charge in [-0.2, -0.15) is 4.99 Å². The smallest absolute Gasteiger partial charge is 0.272 e. The largest absolute Gasteiger partial charge is 0.380 e. The van der Waals surface area contributed by atoms with Crippen LogP contribution >= 0.6 is 11.3 Å². The lowest BCUT2D eigenvalue weighted by atomic mass is 10.2. The van der Waals surface area contributed by atoms with Gasteiger partial charge < -0.3 is 9.30 Å². The van der Waals surface area contributed by atoms with Crippen LogP contribution in [0.15, 0.2) is 53.5 Å². The Bertz CT molecular complexity index is 1040. The summed E-state index contributed by atoms with van der Waals surface area (Å²) in [6.07, 6.45) is 3.01. The number of carbonyl (C=O) groups is 1. The molecule has 1 aromatic heterocycles. The van der Waals surface area contributed by atoms with Gasteiger partial charge in [0, 0.05) is 25.3 Å². The quantitative estimate of drug-likeness (QED) is 0.470. The van der Waals surface area contributed by atoms with Gasteiger partial charge >= 0.3 is 0 Å². The summed E-state index contributed by atoms with van der Waals surface area (Å²) in [4.78, 5) is 16.6. The Morgan fingerprint density at radius 1 is 1.26 bits per heavy atom. The van der Waals surface area contributed by atoms with Crippen molar-refractivity contribution >= 4 is 33.5 Å². The van der Waals surface area contributed by atoms with E-state index in [1.807, 2.05) is 37.3 Å². The Kier molecular flexibility index (Phi) is 6.26. The first-order valence-electron chi connectivity index (χ1n) is 8.46. The van der Waals surface area contributed by atoms with Crippen molar-refractivity contribution in [2.45, 2.75) is 13.5 Å². The van der Waals surface area contributed by atoms with Gasteiger partial charge in [0.05, 0.1) is 16.8 Å². The van der Waals surface area contributed by atoms with E-state index in [0.29, 0.717) is 29.3 Å². The second kappa shape index (κ2) is 8.83. The molecule has 0 unspecified atom stereocenters. The fourth-order valence-corrected chi connectivity index (χ4v) is 3.69. The Morgan fingerprint density at radius 2 is 2.04 bits per heavy atom. The summed E-state index contributed by atoms with van der Waals surface area (Å²) >= 11 is 1.07. The van der Waals surface area contributed by atoms with Crippen molar-refractivity contribution in [1.29, 1.82) is 0 Å². The van der Waals surface area contributed by atoms with Crippen LogP contribution in [0.3, 0.4) is 0 Å². The van der Waals surface area contributed by atoms with E-state index in [1.54, 1.807) is 10.6 Å². The van der Waals surface area contributed by atoms with E-state index in [2.05, 4.69) is 4.99 Å². The van der Waals surface area contributed by atoms with Crippen LogP contribution in [0.25, 0.3) is 16.3 Å². The number of rotatable bonds is 6. The molecule has 0 radical (unpaired) electrons. The molecule has 0 bridgehead atoms. The van der Waals surface area contributed by atoms with Crippen LogP contribution in [0.4, 0.5) is 8.78 Å². The number of fused-ring (bicyclic) bond motifs is 1. The zero-order valence-electron chi connectivity index (χ0n) is 14.7. The van der Waals surface area contributed by atoms with Crippen LogP contribution in [0.5, 0.6) is 0 Å². The molecule has 0 atom stereocenters. The molecule has 1 amide bonds. The SMILES string of the molecule is CCOCCn1c(=NC(=O)/C=C/c2ccccc2)sc2cc(F)cc(F)c21. The van der Waals surface area contributed by atoms with E-state index in [4.69, 9.17) is 4.74 Å². The predicted molar refractivity (Wildman–Crippen MR) is 102 cm³/mol. The first-order chi connectivity index (χ1) is 13.1. The number of nitrogens with zero attached hydrogens (tertiary/aromatic N) is 2. The van der Waals surface area contributed by atoms with Crippen LogP contribution in [-0.2, 0) is 16.1 Å². The average molecular weight is 388 g/mol. The van der Waals surface area contributed by atoms with Crippen LogP contribution in [0, 0.1) is 11.6 Å². The molecule has 0 aliphatic rings. The van der Waals surface area contributed by atoms with Crippen molar-refractivity contribution in [3.8, 4) is 0 Å². The first-order valence-corrected chi connectivity index (χ1v) is 9.28. The Labute approximate surface area is 159 Å². The van der Waals surface area contributed by atoms with Crippen molar-refractivity contribution < 1.29 is 18.3 Å². The minimum absolute atomic E-state index is 0.222. The standard InChI is InChI=1S/C20H18F2N2O2S/c1-2-26-11-10-24-19-16(22)12-15(21)13-17(19)27-20(24)23-18(25)9-8-14-6-4-3-5-7-14/h3-9,12-13H,2,10-11H2,1H3/b9-8+,23-20?. The molecule has 0 N–H and O–H groups in total. The lowest BCUT2D eigenvalue weighted by Gasteiger charge is -2.06. The number of thiazole rings is 1. The first kappa shape index (κ1) is 19.1. The van der Waals surface area contributed by atoms with E-state index < -0.39 is 17.5 Å². The Morgan fingerprint density at radius 3 is 2.78 bits per heavy atom. The van der Waals surface area contributed by atoms with Gasteiger partial charge in [-0.1, -0.05) is 41.7 Å². The van der Waals surface area contributed by atoms with Crippen LogP contribution < -0.4 is 4.80 Å². The zero-order chi connectivity index (χ0) is 19.2. The summed E-state index contributed by atoms with van der Waals surface area (Å²) in [7, 11) is 0. The van der Waals surface area contributed by atoms with Crippen molar-refractivity contribution in [3.05, 3.63) is 70.5 Å². The molecule has 140 valence electrons. The van der Waals surface area contributed by atoms with Crippen LogP contribution in [0.2, 0.25) is 0 Å². The maximum Gasteiger partial charge on any atom is 0.272 e. The lowest BCUT2D eigenvalue weighted by molar-refractivity contribution is -0.113. The molecule has 0 saturated heterocycles. The fourth-order valence-electron chi connectivity index (χ4n) is 2.59. The highest BCUT2D eigenvalue weighted by molar-refractivity contribution is 7.16. The lowest BCUT2D eigenvalue weighted by Crippen LogP contribution is -2.19. The van der Waals surface area contributed by atoms with Crippen molar-refractivity contribution in [1.82, 2.24) is 4.57 Å². The van der Waals surface area contributed by atoms with Gasteiger partial charge in [0.2, 0.25) is 0 Å². The summed E-state index contributed by atoms with van der Waals surface area (Å²) in [6, 6.07) is 11.4. The molecule has 0 spiro atoms. The van der Waals surface area contributed by atoms with Crippen LogP contribution in [0.1, 0.15) is 12.5 Å². The highest BCUT2D eigenvalue weighted by Crippen LogP contribution is 2.22. The number of hydrogen-bond donors (Lipinski definition) is 0. The van der Waals surface area contributed by atoms with E-state index in [0.717, 1.165) is 23.0 Å². The number of amides is 1. The van der Waals surface area contributed by atoms with Gasteiger partial charge in [-0.05, 0) is 24.6 Å². The summed E-state index contributed by atoms with van der Waals surface area (Å²) in [5, 5.41) is 0. The van der Waals surface area contributed by atoms with E-state index in [-0.39, 0.29) is 5.52 Å². The highest BCUT2D eigenvalue weighted by atomic mass is 32.1. The van der Waals surface area contributed by atoms with Gasteiger partial charge in [-0.3, -0.25) is 4.79 Å². The Balaban J connectivity index is 1.99. The predicted octanol–water partition coefficient (Wildman–Crippen LogP) is 4.16. The third kappa shape index (κ3) is 4.75. The minimum Gasteiger partial charge on any atom is -0.380 e. The van der Waals surface area contributed by atoms with Gasteiger partial charge in [0.25, 0.3) is 5.91 Å². The molecule has 27 heavy (non-hydrogen) atoms. The molecule has 0 aliphatic heterocycles. The fraction of sp³-hybridized carbons (Fsp3) is 0.200. The molecule has 3 aromatic rings. The van der Waals surface area contributed by atoms with Gasteiger partial charge in [-0.15, -0.1) is 0 Å². The highest BCUT2D eigenvalue weighted by Gasteiger charge is 2.13. The minimum atomic E-state index is -0.688. The molecule has 1 heterocycles. The van der Waals surface area contributed by atoms with E-state index >= 15 is 0 Å². The topological polar surface area (TPSA) is 43.6 Å². The number of ether oxygens (including phenoxy) is 1. The molecule has 0 aliphatic carbocycles. The summed E-state index contributed by atoms with van der Waals surface area (Å²) in [5.41, 5.74) is 1.09.